The van der Waals surface area contributed by atoms with E-state index in [1.165, 1.54) is 11.8 Å². The monoisotopic (exact) mass is 300 g/mol. The van der Waals surface area contributed by atoms with E-state index >= 15 is 0 Å². The minimum Gasteiger partial charge on any atom is -0.431 e. The Balaban J connectivity index is 1.94. The number of aromatic nitrogens is 3. The van der Waals surface area contributed by atoms with Crippen LogP contribution in [-0.4, -0.2) is 22.0 Å². The zero-order chi connectivity index (χ0) is 14.8. The molecule has 5 nitrogen and oxygen atoms in total. The molecule has 0 spiro atoms. The lowest BCUT2D eigenvalue weighted by Gasteiger charge is -2.08. The summed E-state index contributed by atoms with van der Waals surface area (Å²) in [6.45, 7) is 4.14. The van der Waals surface area contributed by atoms with E-state index in [2.05, 4.69) is 34.1 Å². The standard InChI is InChI=1S/C15H16N4OS/c1-9(2)14-18-12(16-3)8-13(19-14)21-15-17-10-6-4-5-7-11(10)20-15/h4-9H,1-3H3,(H,16,18,19). The summed E-state index contributed by atoms with van der Waals surface area (Å²) in [6, 6.07) is 9.61. The van der Waals surface area contributed by atoms with Gasteiger partial charge in [0.25, 0.3) is 5.22 Å². The SMILES string of the molecule is CNc1cc(Sc2nc3ccccc3o2)nc(C(C)C)n1. The summed E-state index contributed by atoms with van der Waals surface area (Å²) < 4.78 is 5.72. The minimum absolute atomic E-state index is 0.265. The van der Waals surface area contributed by atoms with E-state index in [0.717, 1.165) is 27.8 Å². The van der Waals surface area contributed by atoms with Gasteiger partial charge in [-0.3, -0.25) is 0 Å². The van der Waals surface area contributed by atoms with Gasteiger partial charge < -0.3 is 9.73 Å². The fourth-order valence-electron chi connectivity index (χ4n) is 1.87. The first-order valence-corrected chi connectivity index (χ1v) is 7.57. The predicted octanol–water partition coefficient (Wildman–Crippen LogP) is 3.93. The Morgan fingerprint density at radius 3 is 2.67 bits per heavy atom. The lowest BCUT2D eigenvalue weighted by Crippen LogP contribution is -2.02. The molecule has 1 N–H and O–H groups in total. The van der Waals surface area contributed by atoms with E-state index in [1.54, 1.807) is 0 Å². The van der Waals surface area contributed by atoms with Gasteiger partial charge in [0.05, 0.1) is 0 Å². The second kappa shape index (κ2) is 5.73. The average Bonchev–Trinajstić information content (AvgIpc) is 2.88. The van der Waals surface area contributed by atoms with E-state index in [9.17, 15) is 0 Å². The van der Waals surface area contributed by atoms with Crippen LogP contribution in [0.4, 0.5) is 5.82 Å². The van der Waals surface area contributed by atoms with Crippen LogP contribution in [0.15, 0.2) is 45.0 Å². The molecule has 6 heteroatoms. The van der Waals surface area contributed by atoms with Crippen LogP contribution in [0.25, 0.3) is 11.1 Å². The quantitative estimate of drug-likeness (QED) is 0.736. The molecule has 0 aliphatic rings. The van der Waals surface area contributed by atoms with Crippen LogP contribution in [0.3, 0.4) is 0 Å². The minimum atomic E-state index is 0.265. The van der Waals surface area contributed by atoms with Gasteiger partial charge in [0.1, 0.15) is 22.2 Å². The van der Waals surface area contributed by atoms with Crippen LogP contribution in [0.5, 0.6) is 0 Å². The Morgan fingerprint density at radius 1 is 1.14 bits per heavy atom. The molecule has 0 radical (unpaired) electrons. The molecule has 0 aliphatic heterocycles. The largest absolute Gasteiger partial charge is 0.431 e. The summed E-state index contributed by atoms with van der Waals surface area (Å²) in [5.74, 6) is 1.87. The molecule has 2 heterocycles. The highest BCUT2D eigenvalue weighted by atomic mass is 32.2. The molecule has 0 aliphatic carbocycles. The van der Waals surface area contributed by atoms with Gasteiger partial charge >= 0.3 is 0 Å². The molecule has 0 fully saturated rings. The van der Waals surface area contributed by atoms with Gasteiger partial charge in [-0.2, -0.15) is 0 Å². The van der Waals surface area contributed by atoms with Crippen LogP contribution in [0, 0.1) is 0 Å². The first-order valence-electron chi connectivity index (χ1n) is 6.76. The number of nitrogens with zero attached hydrogens (tertiary/aromatic N) is 3. The van der Waals surface area contributed by atoms with Crippen LogP contribution in [0.2, 0.25) is 0 Å². The Hall–Kier alpha value is -2.08. The summed E-state index contributed by atoms with van der Waals surface area (Å²) in [4.78, 5) is 13.5. The van der Waals surface area contributed by atoms with Crippen molar-refractivity contribution >= 4 is 28.7 Å². The zero-order valence-electron chi connectivity index (χ0n) is 12.1. The van der Waals surface area contributed by atoms with Crippen molar-refractivity contribution in [3.63, 3.8) is 0 Å². The van der Waals surface area contributed by atoms with E-state index in [1.807, 2.05) is 37.4 Å². The fourth-order valence-corrected chi connectivity index (χ4v) is 2.63. The summed E-state index contributed by atoms with van der Waals surface area (Å²) in [5, 5.41) is 4.47. The molecule has 1 aromatic carbocycles. The zero-order valence-corrected chi connectivity index (χ0v) is 12.9. The Labute approximate surface area is 127 Å². The maximum atomic E-state index is 5.72. The molecule has 21 heavy (non-hydrogen) atoms. The smallest absolute Gasteiger partial charge is 0.263 e. The van der Waals surface area contributed by atoms with Gasteiger partial charge in [0.2, 0.25) is 0 Å². The highest BCUT2D eigenvalue weighted by molar-refractivity contribution is 7.99. The second-order valence-electron chi connectivity index (χ2n) is 4.90. The van der Waals surface area contributed by atoms with Crippen molar-refractivity contribution in [3.05, 3.63) is 36.2 Å². The summed E-state index contributed by atoms with van der Waals surface area (Å²) in [6.07, 6.45) is 0. The first-order chi connectivity index (χ1) is 10.2. The second-order valence-corrected chi connectivity index (χ2v) is 5.88. The number of hydrogen-bond acceptors (Lipinski definition) is 6. The molecule has 0 saturated carbocycles. The molecule has 3 aromatic rings. The third kappa shape index (κ3) is 3.00. The Kier molecular flexibility index (Phi) is 3.79. The third-order valence-corrected chi connectivity index (χ3v) is 3.73. The number of anilines is 1. The first kappa shape index (κ1) is 13.9. The third-order valence-electron chi connectivity index (χ3n) is 2.96. The summed E-state index contributed by atoms with van der Waals surface area (Å²) in [5.41, 5.74) is 1.64. The fraction of sp³-hybridized carbons (Fsp3) is 0.267. The summed E-state index contributed by atoms with van der Waals surface area (Å²) >= 11 is 1.41. The number of fused-ring (bicyclic) bond motifs is 1. The van der Waals surface area contributed by atoms with Crippen molar-refractivity contribution in [2.75, 3.05) is 12.4 Å². The summed E-state index contributed by atoms with van der Waals surface area (Å²) in [7, 11) is 1.85. The molecule has 0 bridgehead atoms. The van der Waals surface area contributed by atoms with Gasteiger partial charge in [-0.05, 0) is 23.9 Å². The maximum absolute atomic E-state index is 5.72. The van der Waals surface area contributed by atoms with Crippen molar-refractivity contribution < 1.29 is 4.42 Å². The number of hydrogen-bond donors (Lipinski definition) is 1. The molecular formula is C15H16N4OS. The highest BCUT2D eigenvalue weighted by Gasteiger charge is 2.12. The van der Waals surface area contributed by atoms with E-state index in [0.29, 0.717) is 5.22 Å². The molecule has 0 saturated heterocycles. The Morgan fingerprint density at radius 2 is 1.95 bits per heavy atom. The van der Waals surface area contributed by atoms with Gasteiger partial charge in [-0.15, -0.1) is 0 Å². The van der Waals surface area contributed by atoms with E-state index in [-0.39, 0.29) is 5.92 Å². The lowest BCUT2D eigenvalue weighted by atomic mass is 10.2. The number of para-hydroxylation sites is 2. The van der Waals surface area contributed by atoms with E-state index < -0.39 is 0 Å². The highest BCUT2D eigenvalue weighted by Crippen LogP contribution is 2.30. The Bertz CT molecular complexity index is 736. The molecule has 108 valence electrons. The van der Waals surface area contributed by atoms with Crippen LogP contribution >= 0.6 is 11.8 Å². The van der Waals surface area contributed by atoms with Crippen molar-refractivity contribution in [2.45, 2.75) is 30.0 Å². The molecule has 2 aromatic heterocycles. The number of nitrogens with one attached hydrogen (secondary N) is 1. The van der Waals surface area contributed by atoms with Gasteiger partial charge in [0.15, 0.2) is 5.58 Å². The number of rotatable bonds is 4. The average molecular weight is 300 g/mol. The molecular weight excluding hydrogens is 284 g/mol. The molecule has 0 amide bonds. The molecule has 3 rings (SSSR count). The number of oxazole rings is 1. The topological polar surface area (TPSA) is 63.8 Å². The molecule has 0 atom stereocenters. The van der Waals surface area contributed by atoms with Crippen LogP contribution in [-0.2, 0) is 0 Å². The van der Waals surface area contributed by atoms with Gasteiger partial charge in [-0.25, -0.2) is 15.0 Å². The van der Waals surface area contributed by atoms with E-state index in [4.69, 9.17) is 4.42 Å². The van der Waals surface area contributed by atoms with Crippen molar-refractivity contribution in [2.24, 2.45) is 0 Å². The molecule has 0 unspecified atom stereocenters. The van der Waals surface area contributed by atoms with Gasteiger partial charge in [-0.1, -0.05) is 26.0 Å². The predicted molar refractivity (Wildman–Crippen MR) is 83.8 cm³/mol. The van der Waals surface area contributed by atoms with Crippen LogP contribution in [0.1, 0.15) is 25.6 Å². The van der Waals surface area contributed by atoms with Crippen molar-refractivity contribution in [1.29, 1.82) is 0 Å². The van der Waals surface area contributed by atoms with Gasteiger partial charge in [0, 0.05) is 19.0 Å². The van der Waals surface area contributed by atoms with Crippen molar-refractivity contribution in [1.82, 2.24) is 15.0 Å². The lowest BCUT2D eigenvalue weighted by molar-refractivity contribution is 0.489. The van der Waals surface area contributed by atoms with Crippen molar-refractivity contribution in [3.8, 4) is 0 Å². The maximum Gasteiger partial charge on any atom is 0.263 e. The number of benzene rings is 1. The normalized spacial score (nSPS) is 11.2. The van der Waals surface area contributed by atoms with Crippen LogP contribution < -0.4 is 5.32 Å².